The van der Waals surface area contributed by atoms with Gasteiger partial charge in [0, 0.05) is 0 Å². The van der Waals surface area contributed by atoms with Crippen LogP contribution in [-0.4, -0.2) is 12.1 Å². The third-order valence-electron chi connectivity index (χ3n) is 11.4. The van der Waals surface area contributed by atoms with Crippen LogP contribution in [0.3, 0.4) is 0 Å². The molecule has 1 aromatic carbocycles. The number of carbonyl (C=O) groups excluding carboxylic acids is 1. The molecule has 0 aromatic heterocycles. The Hall–Kier alpha value is -1.57. The second-order valence-corrected chi connectivity index (χ2v) is 13.9. The van der Waals surface area contributed by atoms with Crippen LogP contribution < -0.4 is 0 Å². The standard InChI is InChI=1S/C34H50O2/c1-23(2)10-9-11-24(3)29-16-17-30-28-15-14-26-22-27(36-32(35)25-12-7-6-8-13-25)18-20-33(26,4)31(28)19-21-34(29,30)5/h6-8,12-13,23-24,26-27,29-30H,9-11,14-22H2,1-5H3. The Morgan fingerprint density at radius 3 is 2.50 bits per heavy atom. The molecular formula is C34H50O2. The highest BCUT2D eigenvalue weighted by molar-refractivity contribution is 5.89. The molecule has 2 nitrogen and oxygen atoms in total. The fourth-order valence-corrected chi connectivity index (χ4v) is 9.35. The van der Waals surface area contributed by atoms with Crippen LogP contribution in [0.5, 0.6) is 0 Å². The number of esters is 1. The number of ether oxygens (including phenoxy) is 1. The maximum Gasteiger partial charge on any atom is 0.338 e. The fourth-order valence-electron chi connectivity index (χ4n) is 9.35. The van der Waals surface area contributed by atoms with Crippen molar-refractivity contribution < 1.29 is 9.53 Å². The summed E-state index contributed by atoms with van der Waals surface area (Å²) in [4.78, 5) is 12.7. The van der Waals surface area contributed by atoms with E-state index in [-0.39, 0.29) is 12.1 Å². The van der Waals surface area contributed by atoms with E-state index < -0.39 is 0 Å². The molecule has 4 aliphatic rings. The zero-order chi connectivity index (χ0) is 25.5. The molecule has 0 saturated heterocycles. The summed E-state index contributed by atoms with van der Waals surface area (Å²) in [5.74, 6) is 3.94. The Morgan fingerprint density at radius 1 is 0.972 bits per heavy atom. The van der Waals surface area contributed by atoms with E-state index >= 15 is 0 Å². The van der Waals surface area contributed by atoms with E-state index in [1.807, 2.05) is 41.5 Å². The third-order valence-corrected chi connectivity index (χ3v) is 11.4. The number of benzene rings is 1. The number of rotatable bonds is 7. The van der Waals surface area contributed by atoms with Gasteiger partial charge in [0.1, 0.15) is 6.10 Å². The summed E-state index contributed by atoms with van der Waals surface area (Å²) in [6.07, 6.45) is 15.7. The van der Waals surface area contributed by atoms with E-state index in [0.29, 0.717) is 22.3 Å². The highest BCUT2D eigenvalue weighted by Gasteiger charge is 2.56. The number of fused-ring (bicyclic) bond motifs is 4. The molecule has 5 rings (SSSR count). The van der Waals surface area contributed by atoms with Gasteiger partial charge in [0.15, 0.2) is 0 Å². The summed E-state index contributed by atoms with van der Waals surface area (Å²) in [6.45, 7) is 12.5. The summed E-state index contributed by atoms with van der Waals surface area (Å²) in [6, 6.07) is 9.52. The first-order valence-electron chi connectivity index (χ1n) is 15.2. The maximum atomic E-state index is 12.7. The lowest BCUT2D eigenvalue weighted by atomic mass is 9.50. The third kappa shape index (κ3) is 4.71. The molecule has 0 N–H and O–H groups in total. The van der Waals surface area contributed by atoms with Crippen molar-refractivity contribution in [3.8, 4) is 0 Å². The number of hydrogen-bond acceptors (Lipinski definition) is 2. The van der Waals surface area contributed by atoms with Gasteiger partial charge in [-0.15, -0.1) is 0 Å². The molecule has 36 heavy (non-hydrogen) atoms. The maximum absolute atomic E-state index is 12.7. The van der Waals surface area contributed by atoms with Crippen molar-refractivity contribution in [1.29, 1.82) is 0 Å². The van der Waals surface area contributed by atoms with E-state index in [0.717, 1.165) is 36.5 Å². The lowest BCUT2D eigenvalue weighted by Crippen LogP contribution is -2.46. The Morgan fingerprint density at radius 2 is 1.75 bits per heavy atom. The van der Waals surface area contributed by atoms with Gasteiger partial charge in [-0.2, -0.15) is 0 Å². The predicted octanol–water partition coefficient (Wildman–Crippen LogP) is 9.40. The number of allylic oxidation sites excluding steroid dienone is 2. The van der Waals surface area contributed by atoms with E-state index in [9.17, 15) is 4.79 Å². The molecule has 0 bridgehead atoms. The Labute approximate surface area is 220 Å². The molecule has 2 heteroatoms. The summed E-state index contributed by atoms with van der Waals surface area (Å²) in [7, 11) is 0. The minimum absolute atomic E-state index is 0.0781. The lowest BCUT2D eigenvalue weighted by molar-refractivity contribution is -0.0157. The minimum atomic E-state index is -0.145. The molecule has 198 valence electrons. The Bertz CT molecular complexity index is 961. The van der Waals surface area contributed by atoms with Crippen LogP contribution in [0.15, 0.2) is 41.5 Å². The second kappa shape index (κ2) is 10.3. The molecule has 2 saturated carbocycles. The van der Waals surface area contributed by atoms with Crippen molar-refractivity contribution in [3.63, 3.8) is 0 Å². The summed E-state index contributed by atoms with van der Waals surface area (Å²) < 4.78 is 6.03. The van der Waals surface area contributed by atoms with Gasteiger partial charge in [-0.05, 0) is 110 Å². The highest BCUT2D eigenvalue weighted by Crippen LogP contribution is 2.66. The number of carbonyl (C=O) groups is 1. The van der Waals surface area contributed by atoms with Crippen LogP contribution in [0.4, 0.5) is 0 Å². The summed E-state index contributed by atoms with van der Waals surface area (Å²) >= 11 is 0. The van der Waals surface area contributed by atoms with Crippen molar-refractivity contribution in [3.05, 3.63) is 47.0 Å². The largest absolute Gasteiger partial charge is 0.459 e. The summed E-state index contributed by atoms with van der Waals surface area (Å²) in [5.41, 5.74) is 5.26. The first-order valence-corrected chi connectivity index (χ1v) is 15.2. The van der Waals surface area contributed by atoms with Gasteiger partial charge in [0.2, 0.25) is 0 Å². The normalized spacial score (nSPS) is 36.7. The van der Waals surface area contributed by atoms with Gasteiger partial charge < -0.3 is 4.74 Å². The second-order valence-electron chi connectivity index (χ2n) is 13.9. The molecule has 7 unspecified atom stereocenters. The van der Waals surface area contributed by atoms with Crippen molar-refractivity contribution in [1.82, 2.24) is 0 Å². The van der Waals surface area contributed by atoms with Gasteiger partial charge in [-0.25, -0.2) is 4.79 Å². The van der Waals surface area contributed by atoms with Crippen molar-refractivity contribution in [2.24, 2.45) is 40.4 Å². The van der Waals surface area contributed by atoms with E-state index in [2.05, 4.69) is 34.6 Å². The molecule has 1 aromatic rings. The molecule has 0 radical (unpaired) electrons. The zero-order valence-electron chi connectivity index (χ0n) is 23.7. The van der Waals surface area contributed by atoms with Crippen LogP contribution in [0, 0.1) is 40.4 Å². The van der Waals surface area contributed by atoms with Crippen molar-refractivity contribution >= 4 is 5.97 Å². The first-order chi connectivity index (χ1) is 17.2. The Kier molecular flexibility index (Phi) is 7.45. The molecule has 0 spiro atoms. The molecule has 4 aliphatic carbocycles. The van der Waals surface area contributed by atoms with E-state index in [4.69, 9.17) is 4.74 Å². The molecule has 7 atom stereocenters. The quantitative estimate of drug-likeness (QED) is 0.281. The smallest absolute Gasteiger partial charge is 0.338 e. The van der Waals surface area contributed by atoms with Gasteiger partial charge in [0.25, 0.3) is 0 Å². The topological polar surface area (TPSA) is 26.3 Å². The van der Waals surface area contributed by atoms with Crippen LogP contribution in [0.1, 0.15) is 122 Å². The SMILES string of the molecule is CC(C)CCCC(C)C1CCC2C3=C(CCC21C)C1(C)CCC(OC(=O)c2ccccc2)CC1CC3. The molecule has 2 fully saturated rings. The van der Waals surface area contributed by atoms with E-state index in [1.165, 1.54) is 64.2 Å². The van der Waals surface area contributed by atoms with Gasteiger partial charge >= 0.3 is 5.97 Å². The van der Waals surface area contributed by atoms with Gasteiger partial charge in [-0.3, -0.25) is 0 Å². The van der Waals surface area contributed by atoms with Crippen LogP contribution in [0.25, 0.3) is 0 Å². The average molecular weight is 491 g/mol. The molecule has 0 heterocycles. The fraction of sp³-hybridized carbons (Fsp3) is 0.735. The predicted molar refractivity (Wildman–Crippen MR) is 149 cm³/mol. The van der Waals surface area contributed by atoms with Crippen molar-refractivity contribution in [2.75, 3.05) is 0 Å². The monoisotopic (exact) mass is 490 g/mol. The van der Waals surface area contributed by atoms with Gasteiger partial charge in [0.05, 0.1) is 5.56 Å². The number of hydrogen-bond donors (Lipinski definition) is 0. The zero-order valence-corrected chi connectivity index (χ0v) is 23.7. The first kappa shape index (κ1) is 26.1. The van der Waals surface area contributed by atoms with Crippen LogP contribution in [0.2, 0.25) is 0 Å². The highest BCUT2D eigenvalue weighted by atomic mass is 16.5. The molecular weight excluding hydrogens is 440 g/mol. The average Bonchev–Trinajstić information content (AvgIpc) is 3.22. The molecule has 0 aliphatic heterocycles. The summed E-state index contributed by atoms with van der Waals surface area (Å²) in [5, 5.41) is 0. The van der Waals surface area contributed by atoms with Crippen molar-refractivity contribution in [2.45, 2.75) is 118 Å². The lowest BCUT2D eigenvalue weighted by Gasteiger charge is -2.55. The van der Waals surface area contributed by atoms with E-state index in [1.54, 1.807) is 0 Å². The minimum Gasteiger partial charge on any atom is -0.459 e. The Balaban J connectivity index is 1.27. The van der Waals surface area contributed by atoms with Crippen LogP contribution in [-0.2, 0) is 4.74 Å². The molecule has 0 amide bonds. The van der Waals surface area contributed by atoms with Crippen LogP contribution >= 0.6 is 0 Å². The van der Waals surface area contributed by atoms with Gasteiger partial charge in [-0.1, -0.05) is 83.2 Å².